The van der Waals surface area contributed by atoms with E-state index < -0.39 is 0 Å². The Kier molecular flexibility index (Phi) is 4.29. The monoisotopic (exact) mass is 271 g/mol. The first-order valence-corrected chi connectivity index (χ1v) is 7.18. The Hall–Kier alpha value is -1.61. The summed E-state index contributed by atoms with van der Waals surface area (Å²) in [5.74, 6) is 1.06. The van der Waals surface area contributed by atoms with Crippen molar-refractivity contribution in [1.82, 2.24) is 14.9 Å². The molecule has 0 fully saturated rings. The molecule has 0 aliphatic heterocycles. The predicted molar refractivity (Wildman–Crippen MR) is 83.4 cm³/mol. The normalized spacial score (nSPS) is 15.1. The maximum atomic E-state index is 4.44. The van der Waals surface area contributed by atoms with Gasteiger partial charge in [0.15, 0.2) is 0 Å². The summed E-state index contributed by atoms with van der Waals surface area (Å²) in [6.45, 7) is 8.97. The van der Waals surface area contributed by atoms with Crippen LogP contribution in [0, 0.1) is 5.41 Å². The zero-order valence-electron chi connectivity index (χ0n) is 13.1. The summed E-state index contributed by atoms with van der Waals surface area (Å²) in [5, 5.41) is 3.73. The number of nitrogens with one attached hydrogen (secondary N) is 1. The molecule has 20 heavy (non-hydrogen) atoms. The lowest BCUT2D eigenvalue weighted by Gasteiger charge is -2.34. The maximum absolute atomic E-state index is 4.44. The van der Waals surface area contributed by atoms with E-state index in [1.165, 1.54) is 5.56 Å². The average Bonchev–Trinajstić information content (AvgIpc) is 2.82. The van der Waals surface area contributed by atoms with Crippen LogP contribution in [-0.4, -0.2) is 9.55 Å². The number of imidazole rings is 1. The number of aryl methyl sites for hydroxylation is 1. The second kappa shape index (κ2) is 5.80. The van der Waals surface area contributed by atoms with Crippen molar-refractivity contribution < 1.29 is 0 Å². The van der Waals surface area contributed by atoms with Crippen LogP contribution in [0.25, 0.3) is 0 Å². The minimum absolute atomic E-state index is 0.140. The first-order chi connectivity index (χ1) is 9.39. The molecule has 0 saturated heterocycles. The van der Waals surface area contributed by atoms with Crippen molar-refractivity contribution in [1.29, 1.82) is 0 Å². The molecule has 2 unspecified atom stereocenters. The van der Waals surface area contributed by atoms with Crippen molar-refractivity contribution in [2.75, 3.05) is 0 Å². The molecule has 3 heteroatoms. The summed E-state index contributed by atoms with van der Waals surface area (Å²) in [7, 11) is 2.04. The molecule has 0 spiro atoms. The molecule has 0 bridgehead atoms. The fourth-order valence-corrected chi connectivity index (χ4v) is 2.61. The highest BCUT2D eigenvalue weighted by Gasteiger charge is 2.28. The Bertz CT molecular complexity index is 537. The molecule has 108 valence electrons. The molecule has 0 aliphatic carbocycles. The van der Waals surface area contributed by atoms with E-state index in [2.05, 4.69) is 72.9 Å². The summed E-state index contributed by atoms with van der Waals surface area (Å²) in [6.07, 6.45) is 3.84. The van der Waals surface area contributed by atoms with Gasteiger partial charge >= 0.3 is 0 Å². The Balaban J connectivity index is 2.24. The fourth-order valence-electron chi connectivity index (χ4n) is 2.61. The SMILES string of the molecule is CC(NC(c1ccccc1)C(C)(C)C)c1nccn1C. The lowest BCUT2D eigenvalue weighted by atomic mass is 9.82. The van der Waals surface area contributed by atoms with Gasteiger partial charge in [-0.15, -0.1) is 0 Å². The van der Waals surface area contributed by atoms with Crippen LogP contribution >= 0.6 is 0 Å². The first kappa shape index (κ1) is 14.8. The van der Waals surface area contributed by atoms with Crippen molar-refractivity contribution >= 4 is 0 Å². The third-order valence-electron chi connectivity index (χ3n) is 3.66. The van der Waals surface area contributed by atoms with E-state index in [0.29, 0.717) is 0 Å². The molecule has 1 aromatic heterocycles. The Morgan fingerprint density at radius 1 is 1.15 bits per heavy atom. The molecule has 0 radical (unpaired) electrons. The number of hydrogen-bond acceptors (Lipinski definition) is 2. The van der Waals surface area contributed by atoms with Crippen LogP contribution in [0.4, 0.5) is 0 Å². The third kappa shape index (κ3) is 3.28. The molecule has 0 aliphatic rings. The summed E-state index contributed by atoms with van der Waals surface area (Å²) in [5.41, 5.74) is 1.46. The van der Waals surface area contributed by atoms with E-state index in [1.54, 1.807) is 0 Å². The zero-order valence-corrected chi connectivity index (χ0v) is 13.1. The minimum Gasteiger partial charge on any atom is -0.337 e. The summed E-state index contributed by atoms with van der Waals surface area (Å²) >= 11 is 0. The highest BCUT2D eigenvalue weighted by atomic mass is 15.1. The van der Waals surface area contributed by atoms with Crippen molar-refractivity contribution in [2.45, 2.75) is 39.8 Å². The van der Waals surface area contributed by atoms with Crippen LogP contribution in [0.2, 0.25) is 0 Å². The van der Waals surface area contributed by atoms with Gasteiger partial charge in [-0.2, -0.15) is 0 Å². The number of nitrogens with zero attached hydrogens (tertiary/aromatic N) is 2. The van der Waals surface area contributed by atoms with Crippen molar-refractivity contribution in [3.8, 4) is 0 Å². The Labute approximate surface area is 122 Å². The molecule has 2 atom stereocenters. The lowest BCUT2D eigenvalue weighted by Crippen LogP contribution is -2.35. The molecular formula is C17H25N3. The van der Waals surface area contributed by atoms with E-state index >= 15 is 0 Å². The van der Waals surface area contributed by atoms with Crippen LogP contribution in [0.1, 0.15) is 51.2 Å². The van der Waals surface area contributed by atoms with Gasteiger partial charge in [0.05, 0.1) is 6.04 Å². The second-order valence-electron chi connectivity index (χ2n) is 6.49. The molecule has 1 aromatic carbocycles. The van der Waals surface area contributed by atoms with E-state index in [9.17, 15) is 0 Å². The van der Waals surface area contributed by atoms with E-state index in [4.69, 9.17) is 0 Å². The quantitative estimate of drug-likeness (QED) is 0.915. The molecule has 1 N–H and O–H groups in total. The van der Waals surface area contributed by atoms with Gasteiger partial charge in [0.2, 0.25) is 0 Å². The number of aromatic nitrogens is 2. The molecule has 2 rings (SSSR count). The van der Waals surface area contributed by atoms with Crippen LogP contribution in [0.5, 0.6) is 0 Å². The van der Waals surface area contributed by atoms with E-state index in [-0.39, 0.29) is 17.5 Å². The van der Waals surface area contributed by atoms with Crippen LogP contribution in [0.3, 0.4) is 0 Å². The molecular weight excluding hydrogens is 246 g/mol. The maximum Gasteiger partial charge on any atom is 0.125 e. The lowest BCUT2D eigenvalue weighted by molar-refractivity contribution is 0.250. The van der Waals surface area contributed by atoms with Crippen LogP contribution in [-0.2, 0) is 7.05 Å². The second-order valence-corrected chi connectivity index (χ2v) is 6.49. The summed E-state index contributed by atoms with van der Waals surface area (Å²) < 4.78 is 2.07. The average molecular weight is 271 g/mol. The van der Waals surface area contributed by atoms with Gasteiger partial charge in [0.25, 0.3) is 0 Å². The van der Waals surface area contributed by atoms with Gasteiger partial charge in [0, 0.05) is 25.5 Å². The Morgan fingerprint density at radius 3 is 2.30 bits per heavy atom. The van der Waals surface area contributed by atoms with E-state index in [0.717, 1.165) is 5.82 Å². The van der Waals surface area contributed by atoms with Gasteiger partial charge in [-0.05, 0) is 17.9 Å². The number of benzene rings is 1. The van der Waals surface area contributed by atoms with Gasteiger partial charge < -0.3 is 9.88 Å². The molecule has 0 saturated carbocycles. The highest BCUT2D eigenvalue weighted by Crippen LogP contribution is 2.34. The highest BCUT2D eigenvalue weighted by molar-refractivity contribution is 5.21. The van der Waals surface area contributed by atoms with Gasteiger partial charge in [-0.25, -0.2) is 4.98 Å². The zero-order chi connectivity index (χ0) is 14.8. The van der Waals surface area contributed by atoms with Crippen LogP contribution < -0.4 is 5.32 Å². The molecule has 3 nitrogen and oxygen atoms in total. The topological polar surface area (TPSA) is 29.9 Å². The van der Waals surface area contributed by atoms with Gasteiger partial charge in [-0.3, -0.25) is 0 Å². The van der Waals surface area contributed by atoms with Crippen molar-refractivity contribution in [3.05, 3.63) is 54.1 Å². The van der Waals surface area contributed by atoms with Gasteiger partial charge in [0.1, 0.15) is 5.82 Å². The van der Waals surface area contributed by atoms with Crippen LogP contribution in [0.15, 0.2) is 42.7 Å². The Morgan fingerprint density at radius 2 is 1.80 bits per heavy atom. The van der Waals surface area contributed by atoms with Crippen molar-refractivity contribution in [3.63, 3.8) is 0 Å². The minimum atomic E-state index is 0.140. The molecule has 2 aromatic rings. The van der Waals surface area contributed by atoms with Gasteiger partial charge in [-0.1, -0.05) is 51.1 Å². The first-order valence-electron chi connectivity index (χ1n) is 7.18. The third-order valence-corrected chi connectivity index (χ3v) is 3.66. The number of hydrogen-bond donors (Lipinski definition) is 1. The molecule has 0 amide bonds. The predicted octanol–water partition coefficient (Wildman–Crippen LogP) is 3.86. The summed E-state index contributed by atoms with van der Waals surface area (Å²) in [4.78, 5) is 4.44. The number of rotatable bonds is 4. The van der Waals surface area contributed by atoms with Crippen molar-refractivity contribution in [2.24, 2.45) is 12.5 Å². The largest absolute Gasteiger partial charge is 0.337 e. The fraction of sp³-hybridized carbons (Fsp3) is 0.471. The molecule has 1 heterocycles. The summed E-state index contributed by atoms with van der Waals surface area (Å²) in [6, 6.07) is 11.1. The standard InChI is InChI=1S/C17H25N3/c1-13(16-18-11-12-20(16)5)19-15(17(2,3)4)14-9-7-6-8-10-14/h6-13,15,19H,1-5H3. The smallest absolute Gasteiger partial charge is 0.125 e. The van der Waals surface area contributed by atoms with E-state index in [1.807, 2.05) is 19.4 Å².